The van der Waals surface area contributed by atoms with Crippen LogP contribution in [0.15, 0.2) is 34.7 Å². The van der Waals surface area contributed by atoms with Gasteiger partial charge in [-0.3, -0.25) is 4.79 Å². The molecule has 2 N–H and O–H groups in total. The molecule has 0 saturated carbocycles. The molecule has 0 aliphatic heterocycles. The van der Waals surface area contributed by atoms with E-state index in [0.29, 0.717) is 22.3 Å². The van der Waals surface area contributed by atoms with Gasteiger partial charge in [0.2, 0.25) is 0 Å². The second kappa shape index (κ2) is 7.33. The topological polar surface area (TPSA) is 74.7 Å². The van der Waals surface area contributed by atoms with Crippen molar-refractivity contribution in [1.82, 2.24) is 0 Å². The SMILES string of the molecule is COC(=O)C(N)Cc1ccc(COc2cccc(Cl)c2C)o1. The van der Waals surface area contributed by atoms with E-state index in [1.807, 2.05) is 25.1 Å². The molecule has 1 aromatic heterocycles. The highest BCUT2D eigenvalue weighted by Gasteiger charge is 2.16. The normalized spacial score (nSPS) is 12.0. The van der Waals surface area contributed by atoms with Crippen molar-refractivity contribution >= 4 is 17.6 Å². The maximum Gasteiger partial charge on any atom is 0.323 e. The van der Waals surface area contributed by atoms with E-state index in [2.05, 4.69) is 4.74 Å². The molecule has 1 atom stereocenters. The molecule has 0 spiro atoms. The van der Waals surface area contributed by atoms with Crippen LogP contribution in [0.4, 0.5) is 0 Å². The largest absolute Gasteiger partial charge is 0.485 e. The molecule has 1 unspecified atom stereocenters. The number of nitrogens with two attached hydrogens (primary N) is 1. The first-order valence-electron chi connectivity index (χ1n) is 6.80. The summed E-state index contributed by atoms with van der Waals surface area (Å²) in [5.74, 6) is 1.49. The third-order valence-electron chi connectivity index (χ3n) is 3.23. The Balaban J connectivity index is 1.95. The van der Waals surface area contributed by atoms with E-state index in [1.165, 1.54) is 7.11 Å². The summed E-state index contributed by atoms with van der Waals surface area (Å²) >= 11 is 6.04. The third kappa shape index (κ3) is 4.02. The predicted octanol–water partition coefficient (Wildman–Crippen LogP) is 2.86. The van der Waals surface area contributed by atoms with Crippen molar-refractivity contribution in [2.75, 3.05) is 7.11 Å². The molecule has 1 aromatic carbocycles. The van der Waals surface area contributed by atoms with Gasteiger partial charge in [-0.05, 0) is 31.2 Å². The number of methoxy groups -OCH3 is 1. The highest BCUT2D eigenvalue weighted by Crippen LogP contribution is 2.26. The van der Waals surface area contributed by atoms with Crippen LogP contribution in [0.2, 0.25) is 5.02 Å². The zero-order valence-corrected chi connectivity index (χ0v) is 13.2. The van der Waals surface area contributed by atoms with Crippen molar-refractivity contribution < 1.29 is 18.7 Å². The number of hydrogen-bond donors (Lipinski definition) is 1. The van der Waals surface area contributed by atoms with Crippen molar-refractivity contribution in [3.8, 4) is 5.75 Å². The van der Waals surface area contributed by atoms with Crippen LogP contribution in [0.3, 0.4) is 0 Å². The molecule has 0 aliphatic carbocycles. The number of benzene rings is 1. The van der Waals surface area contributed by atoms with E-state index in [1.54, 1.807) is 12.1 Å². The van der Waals surface area contributed by atoms with Crippen LogP contribution in [-0.2, 0) is 22.6 Å². The molecule has 0 radical (unpaired) electrons. The molecule has 0 aliphatic rings. The lowest BCUT2D eigenvalue weighted by Gasteiger charge is -2.09. The predicted molar refractivity (Wildman–Crippen MR) is 82.9 cm³/mol. The van der Waals surface area contributed by atoms with Crippen molar-refractivity contribution in [2.24, 2.45) is 5.73 Å². The van der Waals surface area contributed by atoms with Crippen molar-refractivity contribution in [2.45, 2.75) is 26.0 Å². The van der Waals surface area contributed by atoms with Crippen LogP contribution >= 0.6 is 11.6 Å². The molecule has 2 rings (SSSR count). The van der Waals surface area contributed by atoms with Crippen LogP contribution in [0, 0.1) is 6.92 Å². The molecular formula is C16H18ClNO4. The molecule has 6 heteroatoms. The van der Waals surface area contributed by atoms with E-state index in [9.17, 15) is 4.79 Å². The quantitative estimate of drug-likeness (QED) is 0.827. The van der Waals surface area contributed by atoms with Crippen LogP contribution in [0.1, 0.15) is 17.1 Å². The lowest BCUT2D eigenvalue weighted by atomic mass is 10.2. The van der Waals surface area contributed by atoms with Crippen molar-refractivity contribution in [3.05, 3.63) is 52.4 Å². The zero-order chi connectivity index (χ0) is 16.1. The molecule has 0 fully saturated rings. The summed E-state index contributed by atoms with van der Waals surface area (Å²) in [5.41, 5.74) is 6.57. The Morgan fingerprint density at radius 2 is 2.05 bits per heavy atom. The highest BCUT2D eigenvalue weighted by atomic mass is 35.5. The Kier molecular flexibility index (Phi) is 5.46. The minimum Gasteiger partial charge on any atom is -0.485 e. The second-order valence-electron chi connectivity index (χ2n) is 4.85. The Bertz CT molecular complexity index is 653. The number of halogens is 1. The van der Waals surface area contributed by atoms with E-state index in [0.717, 1.165) is 5.56 Å². The monoisotopic (exact) mass is 323 g/mol. The maximum atomic E-state index is 11.3. The first-order valence-corrected chi connectivity index (χ1v) is 7.18. The van der Waals surface area contributed by atoms with Gasteiger partial charge < -0.3 is 19.6 Å². The van der Waals surface area contributed by atoms with Gasteiger partial charge >= 0.3 is 5.97 Å². The Morgan fingerprint density at radius 3 is 2.77 bits per heavy atom. The summed E-state index contributed by atoms with van der Waals surface area (Å²) in [6.45, 7) is 2.16. The van der Waals surface area contributed by atoms with E-state index in [-0.39, 0.29) is 13.0 Å². The van der Waals surface area contributed by atoms with Crippen LogP contribution in [0.5, 0.6) is 5.75 Å². The molecule has 0 saturated heterocycles. The van der Waals surface area contributed by atoms with Gasteiger partial charge in [0, 0.05) is 17.0 Å². The standard InChI is InChI=1S/C16H18ClNO4/c1-10-13(17)4-3-5-15(10)21-9-12-7-6-11(22-12)8-14(18)16(19)20-2/h3-7,14H,8-9,18H2,1-2H3. The molecule has 22 heavy (non-hydrogen) atoms. The lowest BCUT2D eigenvalue weighted by molar-refractivity contribution is -0.142. The summed E-state index contributed by atoms with van der Waals surface area (Å²) in [6, 6.07) is 8.31. The molecular weight excluding hydrogens is 306 g/mol. The summed E-state index contributed by atoms with van der Waals surface area (Å²) in [6.07, 6.45) is 0.281. The average Bonchev–Trinajstić information content (AvgIpc) is 2.95. The average molecular weight is 324 g/mol. The Morgan fingerprint density at radius 1 is 1.32 bits per heavy atom. The maximum absolute atomic E-state index is 11.3. The third-order valence-corrected chi connectivity index (χ3v) is 3.64. The van der Waals surface area contributed by atoms with Gasteiger partial charge in [-0.1, -0.05) is 17.7 Å². The number of carbonyl (C=O) groups excluding carboxylic acids is 1. The second-order valence-corrected chi connectivity index (χ2v) is 5.26. The Labute approximate surface area is 134 Å². The van der Waals surface area contributed by atoms with E-state index in [4.69, 9.17) is 26.5 Å². The minimum atomic E-state index is -0.736. The summed E-state index contributed by atoms with van der Waals surface area (Å²) < 4.78 is 15.9. The number of rotatable bonds is 6. The Hall–Kier alpha value is -1.98. The molecule has 0 bridgehead atoms. The number of hydrogen-bond acceptors (Lipinski definition) is 5. The fourth-order valence-electron chi connectivity index (χ4n) is 1.95. The van der Waals surface area contributed by atoms with Gasteiger partial charge in [0.25, 0.3) is 0 Å². The summed E-state index contributed by atoms with van der Waals surface area (Å²) in [7, 11) is 1.30. The molecule has 2 aromatic rings. The first kappa shape index (κ1) is 16.4. The van der Waals surface area contributed by atoms with Gasteiger partial charge in [-0.15, -0.1) is 0 Å². The molecule has 0 amide bonds. The van der Waals surface area contributed by atoms with Gasteiger partial charge in [-0.2, -0.15) is 0 Å². The number of esters is 1. The lowest BCUT2D eigenvalue weighted by Crippen LogP contribution is -2.33. The zero-order valence-electron chi connectivity index (χ0n) is 12.5. The minimum absolute atomic E-state index is 0.272. The molecule has 118 valence electrons. The van der Waals surface area contributed by atoms with Gasteiger partial charge in [0.1, 0.15) is 29.9 Å². The molecule has 5 nitrogen and oxygen atoms in total. The van der Waals surface area contributed by atoms with Crippen LogP contribution < -0.4 is 10.5 Å². The smallest absolute Gasteiger partial charge is 0.323 e. The van der Waals surface area contributed by atoms with E-state index >= 15 is 0 Å². The summed E-state index contributed by atoms with van der Waals surface area (Å²) in [4.78, 5) is 11.3. The first-order chi connectivity index (χ1) is 10.5. The van der Waals surface area contributed by atoms with Crippen molar-refractivity contribution in [1.29, 1.82) is 0 Å². The van der Waals surface area contributed by atoms with Gasteiger partial charge in [-0.25, -0.2) is 0 Å². The number of furan rings is 1. The van der Waals surface area contributed by atoms with Crippen LogP contribution in [-0.4, -0.2) is 19.1 Å². The van der Waals surface area contributed by atoms with Gasteiger partial charge in [0.05, 0.1) is 7.11 Å². The highest BCUT2D eigenvalue weighted by molar-refractivity contribution is 6.31. The van der Waals surface area contributed by atoms with Gasteiger partial charge in [0.15, 0.2) is 0 Å². The fraction of sp³-hybridized carbons (Fsp3) is 0.312. The van der Waals surface area contributed by atoms with Crippen molar-refractivity contribution in [3.63, 3.8) is 0 Å². The van der Waals surface area contributed by atoms with Crippen LogP contribution in [0.25, 0.3) is 0 Å². The number of carbonyl (C=O) groups is 1. The number of ether oxygens (including phenoxy) is 2. The fourth-order valence-corrected chi connectivity index (χ4v) is 2.12. The summed E-state index contributed by atoms with van der Waals surface area (Å²) in [5, 5.41) is 0.654. The van der Waals surface area contributed by atoms with E-state index < -0.39 is 12.0 Å². The molecule has 1 heterocycles.